The minimum absolute atomic E-state index is 0.0769. The van der Waals surface area contributed by atoms with Crippen molar-refractivity contribution in [3.05, 3.63) is 0 Å². The maximum atomic E-state index is 11.9. The van der Waals surface area contributed by atoms with Crippen molar-refractivity contribution in [2.24, 2.45) is 17.6 Å². The number of carboxylic acids is 1. The molecule has 0 amide bonds. The average molecular weight is 259 g/mol. The molecule has 6 heteroatoms. The summed E-state index contributed by atoms with van der Waals surface area (Å²) in [6, 6.07) is 0. The fourth-order valence-electron chi connectivity index (χ4n) is 1.57. The third-order valence-corrected chi connectivity index (χ3v) is 2.37. The molecule has 0 rings (SSSR count). The maximum Gasteiger partial charge on any atom is 0.310 e. The normalized spacial score (nSPS) is 14.7. The highest BCUT2D eigenvalue weighted by molar-refractivity contribution is 5.88. The molecule has 0 aromatic rings. The Kier molecular flexibility index (Phi) is 5.97. The van der Waals surface area contributed by atoms with Crippen LogP contribution in [0.4, 0.5) is 0 Å². The predicted octanol–water partition coefficient (Wildman–Crippen LogP) is 0.583. The number of nitrogens with two attached hydrogens (primary N) is 1. The van der Waals surface area contributed by atoms with Crippen LogP contribution in [0.3, 0.4) is 0 Å². The summed E-state index contributed by atoms with van der Waals surface area (Å²) < 4.78 is 5.12. The SMILES string of the molecule is CC(=O)C(CN)[C@H](CC(=O)O)C(=O)OC(C)(C)C. The summed E-state index contributed by atoms with van der Waals surface area (Å²) in [6.45, 7) is 6.24. The fourth-order valence-corrected chi connectivity index (χ4v) is 1.57. The zero-order valence-corrected chi connectivity index (χ0v) is 11.2. The second-order valence-corrected chi connectivity index (χ2v) is 5.19. The Morgan fingerprint density at radius 2 is 1.72 bits per heavy atom. The number of carboxylic acid groups (broad SMARTS) is 1. The summed E-state index contributed by atoms with van der Waals surface area (Å²) in [5.74, 6) is -4.03. The second kappa shape index (κ2) is 6.49. The van der Waals surface area contributed by atoms with Gasteiger partial charge in [-0.25, -0.2) is 0 Å². The smallest absolute Gasteiger partial charge is 0.310 e. The van der Waals surface area contributed by atoms with E-state index in [0.717, 1.165) is 0 Å². The number of hydrogen-bond donors (Lipinski definition) is 2. The topological polar surface area (TPSA) is 107 Å². The van der Waals surface area contributed by atoms with Crippen LogP contribution < -0.4 is 5.73 Å². The third-order valence-electron chi connectivity index (χ3n) is 2.37. The van der Waals surface area contributed by atoms with E-state index < -0.39 is 35.8 Å². The van der Waals surface area contributed by atoms with Gasteiger partial charge in [-0.3, -0.25) is 14.4 Å². The minimum Gasteiger partial charge on any atom is -0.481 e. The molecule has 0 aromatic carbocycles. The fraction of sp³-hybridized carbons (Fsp3) is 0.750. The Hall–Kier alpha value is -1.43. The first-order valence-electron chi connectivity index (χ1n) is 5.73. The van der Waals surface area contributed by atoms with Gasteiger partial charge in [0.05, 0.1) is 12.3 Å². The third kappa shape index (κ3) is 5.77. The van der Waals surface area contributed by atoms with E-state index >= 15 is 0 Å². The first-order valence-corrected chi connectivity index (χ1v) is 5.73. The van der Waals surface area contributed by atoms with E-state index in [1.54, 1.807) is 20.8 Å². The van der Waals surface area contributed by atoms with Crippen molar-refractivity contribution in [3.8, 4) is 0 Å². The van der Waals surface area contributed by atoms with Crippen LogP contribution in [0.2, 0.25) is 0 Å². The highest BCUT2D eigenvalue weighted by atomic mass is 16.6. The highest BCUT2D eigenvalue weighted by Crippen LogP contribution is 2.21. The summed E-state index contributed by atoms with van der Waals surface area (Å²) in [5, 5.41) is 8.80. The van der Waals surface area contributed by atoms with Crippen LogP contribution in [0, 0.1) is 11.8 Å². The molecule has 104 valence electrons. The molecular weight excluding hydrogens is 238 g/mol. The van der Waals surface area contributed by atoms with Crippen molar-refractivity contribution in [1.29, 1.82) is 0 Å². The molecule has 0 heterocycles. The van der Waals surface area contributed by atoms with E-state index in [4.69, 9.17) is 15.6 Å². The molecule has 0 fully saturated rings. The molecular formula is C12H21NO5. The molecule has 3 N–H and O–H groups in total. The number of carbonyl (C=O) groups is 3. The predicted molar refractivity (Wildman–Crippen MR) is 64.8 cm³/mol. The molecule has 0 aromatic heterocycles. The van der Waals surface area contributed by atoms with Gasteiger partial charge in [0, 0.05) is 12.5 Å². The molecule has 0 aliphatic carbocycles. The Morgan fingerprint density at radius 3 is 2.00 bits per heavy atom. The monoisotopic (exact) mass is 259 g/mol. The molecule has 1 unspecified atom stereocenters. The van der Waals surface area contributed by atoms with Gasteiger partial charge in [-0.15, -0.1) is 0 Å². The molecule has 0 bridgehead atoms. The van der Waals surface area contributed by atoms with Gasteiger partial charge in [0.25, 0.3) is 0 Å². The van der Waals surface area contributed by atoms with Crippen molar-refractivity contribution in [2.75, 3.05) is 6.54 Å². The summed E-state index contributed by atoms with van der Waals surface area (Å²) in [7, 11) is 0. The van der Waals surface area contributed by atoms with Gasteiger partial charge >= 0.3 is 11.9 Å². The number of ether oxygens (including phenoxy) is 1. The van der Waals surface area contributed by atoms with Gasteiger partial charge in [0.2, 0.25) is 0 Å². The lowest BCUT2D eigenvalue weighted by atomic mass is 9.86. The van der Waals surface area contributed by atoms with E-state index in [0.29, 0.717) is 0 Å². The van der Waals surface area contributed by atoms with Gasteiger partial charge in [-0.05, 0) is 27.7 Å². The Balaban J connectivity index is 5.03. The molecule has 18 heavy (non-hydrogen) atoms. The highest BCUT2D eigenvalue weighted by Gasteiger charge is 2.35. The zero-order valence-electron chi connectivity index (χ0n) is 11.2. The molecule has 2 atom stereocenters. The number of esters is 1. The van der Waals surface area contributed by atoms with Crippen molar-refractivity contribution < 1.29 is 24.2 Å². The van der Waals surface area contributed by atoms with E-state index in [9.17, 15) is 14.4 Å². The molecule has 0 aliphatic heterocycles. The summed E-state index contributed by atoms with van der Waals surface area (Å²) in [6.07, 6.45) is -0.462. The van der Waals surface area contributed by atoms with Gasteiger partial charge in [0.1, 0.15) is 11.4 Å². The summed E-state index contributed by atoms with van der Waals surface area (Å²) in [5.41, 5.74) is 4.70. The van der Waals surface area contributed by atoms with E-state index in [1.165, 1.54) is 6.92 Å². The standard InChI is InChI=1S/C12H21NO5/c1-7(14)9(6-13)8(5-10(15)16)11(17)18-12(2,3)4/h8-9H,5-6,13H2,1-4H3,(H,15,16)/t8-,9?/m0/s1. The summed E-state index contributed by atoms with van der Waals surface area (Å²) in [4.78, 5) is 34.1. The Labute approximate surface area is 106 Å². The average Bonchev–Trinajstić information content (AvgIpc) is 2.13. The van der Waals surface area contributed by atoms with Gasteiger partial charge in [0.15, 0.2) is 0 Å². The number of hydrogen-bond acceptors (Lipinski definition) is 5. The number of rotatable bonds is 6. The quantitative estimate of drug-likeness (QED) is 0.676. The van der Waals surface area contributed by atoms with Crippen molar-refractivity contribution in [2.45, 2.75) is 39.7 Å². The molecule has 0 aliphatic rings. The molecule has 0 spiro atoms. The van der Waals surface area contributed by atoms with Crippen molar-refractivity contribution in [1.82, 2.24) is 0 Å². The zero-order chi connectivity index (χ0) is 14.5. The van der Waals surface area contributed by atoms with Crippen LogP contribution in [0.15, 0.2) is 0 Å². The largest absolute Gasteiger partial charge is 0.481 e. The van der Waals surface area contributed by atoms with Crippen LogP contribution >= 0.6 is 0 Å². The molecule has 6 nitrogen and oxygen atoms in total. The minimum atomic E-state index is -1.16. The molecule has 0 radical (unpaired) electrons. The lowest BCUT2D eigenvalue weighted by Crippen LogP contribution is -2.39. The summed E-state index contributed by atoms with van der Waals surface area (Å²) >= 11 is 0. The first-order chi connectivity index (χ1) is 8.08. The van der Waals surface area contributed by atoms with E-state index in [2.05, 4.69) is 0 Å². The lowest BCUT2D eigenvalue weighted by molar-refractivity contribution is -0.166. The number of Topliss-reactive ketones (excluding diaryl/α,β-unsaturated/α-hetero) is 1. The van der Waals surface area contributed by atoms with Gasteiger partial charge in [-0.1, -0.05) is 0 Å². The first kappa shape index (κ1) is 16.6. The van der Waals surface area contributed by atoms with Crippen LogP contribution in [-0.2, 0) is 19.1 Å². The van der Waals surface area contributed by atoms with Crippen molar-refractivity contribution >= 4 is 17.7 Å². The van der Waals surface area contributed by atoms with Crippen LogP contribution in [0.1, 0.15) is 34.1 Å². The van der Waals surface area contributed by atoms with Gasteiger partial charge in [-0.2, -0.15) is 0 Å². The lowest BCUT2D eigenvalue weighted by Gasteiger charge is -2.26. The molecule has 0 saturated heterocycles. The Bertz CT molecular complexity index is 332. The second-order valence-electron chi connectivity index (χ2n) is 5.19. The van der Waals surface area contributed by atoms with Gasteiger partial charge < -0.3 is 15.6 Å². The van der Waals surface area contributed by atoms with E-state index in [1.807, 2.05) is 0 Å². The number of carbonyl (C=O) groups excluding carboxylic acids is 2. The van der Waals surface area contributed by atoms with E-state index in [-0.39, 0.29) is 12.3 Å². The van der Waals surface area contributed by atoms with Crippen LogP contribution in [0.25, 0.3) is 0 Å². The number of aliphatic carboxylic acids is 1. The number of ketones is 1. The maximum absolute atomic E-state index is 11.9. The molecule has 0 saturated carbocycles. The van der Waals surface area contributed by atoms with Crippen LogP contribution in [0.5, 0.6) is 0 Å². The Morgan fingerprint density at radius 1 is 1.22 bits per heavy atom. The van der Waals surface area contributed by atoms with Crippen molar-refractivity contribution in [3.63, 3.8) is 0 Å². The van der Waals surface area contributed by atoms with Crippen LogP contribution in [-0.4, -0.2) is 35.0 Å².